The van der Waals surface area contributed by atoms with Gasteiger partial charge in [-0.1, -0.05) is 12.1 Å². The molecule has 130 valence electrons. The highest BCUT2D eigenvalue weighted by atomic mass is 19.1. The fraction of sp³-hybridized carbons (Fsp3) is 0.529. The van der Waals surface area contributed by atoms with E-state index in [1.54, 1.807) is 17.0 Å². The van der Waals surface area contributed by atoms with Gasteiger partial charge in [0.15, 0.2) is 0 Å². The van der Waals surface area contributed by atoms with E-state index in [0.29, 0.717) is 32.2 Å². The van der Waals surface area contributed by atoms with Crippen LogP contribution in [-0.2, 0) is 4.79 Å². The Morgan fingerprint density at radius 3 is 2.46 bits per heavy atom. The fourth-order valence-corrected chi connectivity index (χ4v) is 2.78. The Morgan fingerprint density at radius 2 is 1.83 bits per heavy atom. The molecule has 1 aliphatic heterocycles. The first-order valence-corrected chi connectivity index (χ1v) is 8.39. The van der Waals surface area contributed by atoms with Crippen LogP contribution in [0.2, 0.25) is 0 Å². The van der Waals surface area contributed by atoms with Crippen LogP contribution >= 0.6 is 0 Å². The number of nitrogens with one attached hydrogen (secondary N) is 2. The lowest BCUT2D eigenvalue weighted by molar-refractivity contribution is -0.126. The fourth-order valence-electron chi connectivity index (χ4n) is 2.78. The SMILES string of the molecule is CC(C(=O)NC1CC1)N1CCN(C(=O)Nc2ccccc2F)CC1. The molecule has 3 rings (SSSR count). The second-order valence-corrected chi connectivity index (χ2v) is 6.39. The van der Waals surface area contributed by atoms with E-state index in [0.717, 1.165) is 12.8 Å². The average Bonchev–Trinajstić information content (AvgIpc) is 3.40. The van der Waals surface area contributed by atoms with Crippen LogP contribution in [0.1, 0.15) is 19.8 Å². The number of para-hydroxylation sites is 1. The predicted octanol–water partition coefficient (Wildman–Crippen LogP) is 1.64. The van der Waals surface area contributed by atoms with E-state index in [2.05, 4.69) is 15.5 Å². The summed E-state index contributed by atoms with van der Waals surface area (Å²) in [7, 11) is 0. The third-order valence-electron chi connectivity index (χ3n) is 4.57. The molecule has 7 heteroatoms. The number of urea groups is 1. The molecule has 2 N–H and O–H groups in total. The maximum absolute atomic E-state index is 13.6. The van der Waals surface area contributed by atoms with E-state index >= 15 is 0 Å². The van der Waals surface area contributed by atoms with Crippen molar-refractivity contribution >= 4 is 17.6 Å². The number of nitrogens with zero attached hydrogens (tertiary/aromatic N) is 2. The van der Waals surface area contributed by atoms with Crippen molar-refractivity contribution in [2.75, 3.05) is 31.5 Å². The number of hydrogen-bond acceptors (Lipinski definition) is 3. The van der Waals surface area contributed by atoms with Gasteiger partial charge in [0.1, 0.15) is 5.82 Å². The molecule has 1 heterocycles. The molecule has 3 amide bonds. The van der Waals surface area contributed by atoms with Crippen molar-refractivity contribution in [2.24, 2.45) is 0 Å². The lowest BCUT2D eigenvalue weighted by Crippen LogP contribution is -2.55. The lowest BCUT2D eigenvalue weighted by Gasteiger charge is -2.37. The Hall–Kier alpha value is -2.15. The molecular formula is C17H23FN4O2. The Labute approximate surface area is 141 Å². The van der Waals surface area contributed by atoms with Gasteiger partial charge in [-0.05, 0) is 31.9 Å². The van der Waals surface area contributed by atoms with Crippen molar-refractivity contribution in [3.05, 3.63) is 30.1 Å². The van der Waals surface area contributed by atoms with Gasteiger partial charge in [-0.2, -0.15) is 0 Å². The standard InChI is InChI=1S/C17H23FN4O2/c1-12(16(23)19-13-6-7-13)21-8-10-22(11-9-21)17(24)20-15-5-3-2-4-14(15)18/h2-5,12-13H,6-11H2,1H3,(H,19,23)(H,20,24). The summed E-state index contributed by atoms with van der Waals surface area (Å²) >= 11 is 0. The molecule has 6 nitrogen and oxygen atoms in total. The van der Waals surface area contributed by atoms with Crippen molar-refractivity contribution in [2.45, 2.75) is 31.8 Å². The number of anilines is 1. The Bertz CT molecular complexity index is 612. The molecule has 1 atom stereocenters. The minimum atomic E-state index is -0.449. The van der Waals surface area contributed by atoms with Crippen LogP contribution in [0.25, 0.3) is 0 Å². The Kier molecular flexibility index (Phi) is 4.99. The van der Waals surface area contributed by atoms with Crippen LogP contribution in [0.4, 0.5) is 14.9 Å². The molecular weight excluding hydrogens is 311 g/mol. The molecule has 0 spiro atoms. The summed E-state index contributed by atoms with van der Waals surface area (Å²) in [4.78, 5) is 28.1. The number of carbonyl (C=O) groups is 2. The van der Waals surface area contributed by atoms with Gasteiger partial charge in [0.25, 0.3) is 0 Å². The predicted molar refractivity (Wildman–Crippen MR) is 89.2 cm³/mol. The summed E-state index contributed by atoms with van der Waals surface area (Å²) in [6, 6.07) is 5.96. The highest BCUT2D eigenvalue weighted by Crippen LogP contribution is 2.19. The van der Waals surface area contributed by atoms with Gasteiger partial charge in [0.2, 0.25) is 5.91 Å². The van der Waals surface area contributed by atoms with E-state index < -0.39 is 5.82 Å². The molecule has 1 unspecified atom stereocenters. The van der Waals surface area contributed by atoms with Gasteiger partial charge in [-0.15, -0.1) is 0 Å². The normalized spacial score (nSPS) is 19.7. The molecule has 2 fully saturated rings. The summed E-state index contributed by atoms with van der Waals surface area (Å²) in [5.74, 6) is -0.392. The highest BCUT2D eigenvalue weighted by molar-refractivity contribution is 5.89. The topological polar surface area (TPSA) is 64.7 Å². The Morgan fingerprint density at radius 1 is 1.17 bits per heavy atom. The molecule has 1 aliphatic carbocycles. The first-order chi connectivity index (χ1) is 11.5. The lowest BCUT2D eigenvalue weighted by atomic mass is 10.2. The van der Waals surface area contributed by atoms with Crippen LogP contribution < -0.4 is 10.6 Å². The second kappa shape index (κ2) is 7.17. The van der Waals surface area contributed by atoms with Gasteiger partial charge >= 0.3 is 6.03 Å². The highest BCUT2D eigenvalue weighted by Gasteiger charge is 2.30. The number of piperazine rings is 1. The molecule has 0 bridgehead atoms. The minimum absolute atomic E-state index is 0.0572. The van der Waals surface area contributed by atoms with Crippen molar-refractivity contribution in [3.63, 3.8) is 0 Å². The molecule has 1 aromatic rings. The van der Waals surface area contributed by atoms with Crippen LogP contribution in [0.3, 0.4) is 0 Å². The van der Waals surface area contributed by atoms with E-state index in [1.165, 1.54) is 12.1 Å². The summed E-state index contributed by atoms with van der Waals surface area (Å²) in [6.45, 7) is 4.18. The molecule has 1 aromatic carbocycles. The van der Waals surface area contributed by atoms with Crippen molar-refractivity contribution < 1.29 is 14.0 Å². The first-order valence-electron chi connectivity index (χ1n) is 8.39. The quantitative estimate of drug-likeness (QED) is 0.880. The zero-order chi connectivity index (χ0) is 17.1. The molecule has 0 radical (unpaired) electrons. The number of rotatable bonds is 4. The van der Waals surface area contributed by atoms with Gasteiger partial charge < -0.3 is 15.5 Å². The van der Waals surface area contributed by atoms with Gasteiger partial charge in [0.05, 0.1) is 11.7 Å². The number of benzene rings is 1. The monoisotopic (exact) mass is 334 g/mol. The zero-order valence-corrected chi connectivity index (χ0v) is 13.8. The molecule has 2 aliphatic rings. The Balaban J connectivity index is 1.48. The number of halogens is 1. The van der Waals surface area contributed by atoms with E-state index in [4.69, 9.17) is 0 Å². The third-order valence-corrected chi connectivity index (χ3v) is 4.57. The minimum Gasteiger partial charge on any atom is -0.352 e. The van der Waals surface area contributed by atoms with Crippen molar-refractivity contribution in [1.29, 1.82) is 0 Å². The largest absolute Gasteiger partial charge is 0.352 e. The van der Waals surface area contributed by atoms with Crippen LogP contribution in [0, 0.1) is 5.82 Å². The second-order valence-electron chi connectivity index (χ2n) is 6.39. The van der Waals surface area contributed by atoms with E-state index in [9.17, 15) is 14.0 Å². The van der Waals surface area contributed by atoms with E-state index in [-0.39, 0.29) is 23.7 Å². The number of hydrogen-bond donors (Lipinski definition) is 2. The molecule has 1 saturated heterocycles. The van der Waals surface area contributed by atoms with Crippen molar-refractivity contribution in [3.8, 4) is 0 Å². The van der Waals surface area contributed by atoms with Gasteiger partial charge in [-0.3, -0.25) is 9.69 Å². The summed E-state index contributed by atoms with van der Waals surface area (Å²) in [5.41, 5.74) is 0.183. The molecule has 1 saturated carbocycles. The number of amides is 3. The third kappa shape index (κ3) is 4.03. The van der Waals surface area contributed by atoms with E-state index in [1.807, 2.05) is 6.92 Å². The zero-order valence-electron chi connectivity index (χ0n) is 13.8. The first kappa shape index (κ1) is 16.7. The van der Waals surface area contributed by atoms with Crippen molar-refractivity contribution in [1.82, 2.24) is 15.1 Å². The molecule has 24 heavy (non-hydrogen) atoms. The summed E-state index contributed by atoms with van der Waals surface area (Å²) in [6.07, 6.45) is 2.14. The summed E-state index contributed by atoms with van der Waals surface area (Å²) < 4.78 is 13.6. The van der Waals surface area contributed by atoms with Gasteiger partial charge in [-0.25, -0.2) is 9.18 Å². The maximum atomic E-state index is 13.6. The smallest absolute Gasteiger partial charge is 0.322 e. The maximum Gasteiger partial charge on any atom is 0.322 e. The van der Waals surface area contributed by atoms with Gasteiger partial charge in [0, 0.05) is 32.2 Å². The van der Waals surface area contributed by atoms with Crippen LogP contribution in [-0.4, -0.2) is 60.0 Å². The number of carbonyl (C=O) groups excluding carboxylic acids is 2. The average molecular weight is 334 g/mol. The van der Waals surface area contributed by atoms with Crippen LogP contribution in [0.15, 0.2) is 24.3 Å². The van der Waals surface area contributed by atoms with Crippen LogP contribution in [0.5, 0.6) is 0 Å². The summed E-state index contributed by atoms with van der Waals surface area (Å²) in [5, 5.41) is 5.60. The molecule has 0 aromatic heterocycles.